The van der Waals surface area contributed by atoms with Crippen molar-refractivity contribution < 1.29 is 17.9 Å². The van der Waals surface area contributed by atoms with E-state index in [-0.39, 0.29) is 22.4 Å². The fourth-order valence-corrected chi connectivity index (χ4v) is 4.03. The van der Waals surface area contributed by atoms with Crippen LogP contribution in [0.25, 0.3) is 11.0 Å². The Bertz CT molecular complexity index is 1370. The predicted molar refractivity (Wildman–Crippen MR) is 116 cm³/mol. The summed E-state index contributed by atoms with van der Waals surface area (Å²) in [4.78, 5) is 20.3. The number of fused-ring (bicyclic) bond motifs is 1. The zero-order valence-electron chi connectivity index (χ0n) is 16.7. The average Bonchev–Trinajstić information content (AvgIpc) is 3.08. The third kappa shape index (κ3) is 4.19. The van der Waals surface area contributed by atoms with Crippen molar-refractivity contribution in [3.63, 3.8) is 0 Å². The molecular formula is C21H19N5O4S. The molecule has 0 bridgehead atoms. The van der Waals surface area contributed by atoms with Gasteiger partial charge in [0.2, 0.25) is 5.95 Å². The van der Waals surface area contributed by atoms with Crippen LogP contribution in [0.2, 0.25) is 0 Å². The second-order valence-corrected chi connectivity index (χ2v) is 8.30. The number of sulfonamides is 1. The number of imidazole rings is 1. The largest absolute Gasteiger partial charge is 0.457 e. The Morgan fingerprint density at radius 3 is 2.52 bits per heavy atom. The molecule has 2 aromatic heterocycles. The lowest BCUT2D eigenvalue weighted by atomic mass is 10.3. The summed E-state index contributed by atoms with van der Waals surface area (Å²) in [6.45, 7) is 0. The van der Waals surface area contributed by atoms with Gasteiger partial charge >= 0.3 is 0 Å². The molecule has 9 nitrogen and oxygen atoms in total. The lowest BCUT2D eigenvalue weighted by Crippen LogP contribution is -2.18. The van der Waals surface area contributed by atoms with Gasteiger partial charge in [0.05, 0.1) is 15.9 Å². The number of hydrogen-bond acceptors (Lipinski definition) is 6. The highest BCUT2D eigenvalue weighted by Gasteiger charge is 2.18. The van der Waals surface area contributed by atoms with E-state index in [2.05, 4.69) is 20.0 Å². The topological polar surface area (TPSA) is 115 Å². The lowest BCUT2D eigenvalue weighted by Gasteiger charge is -2.08. The number of amides is 1. The van der Waals surface area contributed by atoms with Crippen molar-refractivity contribution in [3.8, 4) is 11.5 Å². The molecule has 0 radical (unpaired) electrons. The normalized spacial score (nSPS) is 11.3. The minimum Gasteiger partial charge on any atom is -0.457 e. The number of nitrogens with zero attached hydrogens (tertiary/aromatic N) is 3. The van der Waals surface area contributed by atoms with Gasteiger partial charge in [-0.3, -0.25) is 9.78 Å². The summed E-state index contributed by atoms with van der Waals surface area (Å²) in [6, 6.07) is 16.4. The van der Waals surface area contributed by atoms with Crippen LogP contribution in [-0.2, 0) is 17.1 Å². The first-order chi connectivity index (χ1) is 14.9. The first-order valence-corrected chi connectivity index (χ1v) is 10.8. The van der Waals surface area contributed by atoms with Gasteiger partial charge in [0.1, 0.15) is 17.2 Å². The van der Waals surface area contributed by atoms with E-state index in [1.165, 1.54) is 31.4 Å². The number of carbonyl (C=O) groups is 1. The van der Waals surface area contributed by atoms with Gasteiger partial charge in [0, 0.05) is 32.4 Å². The van der Waals surface area contributed by atoms with Gasteiger partial charge in [-0.05, 0) is 30.3 Å². The first kappa shape index (κ1) is 20.4. The van der Waals surface area contributed by atoms with Gasteiger partial charge in [0.25, 0.3) is 15.9 Å². The van der Waals surface area contributed by atoms with Crippen LogP contribution in [0.4, 0.5) is 5.95 Å². The number of carbonyl (C=O) groups excluding carboxylic acids is 1. The number of hydrogen-bond donors (Lipinski definition) is 2. The number of pyridine rings is 1. The third-order valence-electron chi connectivity index (χ3n) is 4.56. The molecule has 0 aliphatic heterocycles. The maximum atomic E-state index is 12.6. The molecule has 4 rings (SSSR count). The Balaban J connectivity index is 1.62. The minimum atomic E-state index is -3.77. The quantitative estimate of drug-likeness (QED) is 0.479. The molecule has 2 aromatic carbocycles. The van der Waals surface area contributed by atoms with E-state index in [0.717, 1.165) is 5.52 Å². The fourth-order valence-electron chi connectivity index (χ4n) is 2.98. The molecule has 158 valence electrons. The second kappa shape index (κ2) is 8.07. The highest BCUT2D eigenvalue weighted by Crippen LogP contribution is 2.28. The van der Waals surface area contributed by atoms with E-state index in [1.807, 2.05) is 0 Å². The lowest BCUT2D eigenvalue weighted by molar-refractivity contribution is 0.0958. The molecule has 31 heavy (non-hydrogen) atoms. The van der Waals surface area contributed by atoms with E-state index in [9.17, 15) is 13.2 Å². The van der Waals surface area contributed by atoms with E-state index < -0.39 is 10.0 Å². The molecule has 0 aliphatic rings. The maximum Gasteiger partial charge on any atom is 0.269 e. The summed E-state index contributed by atoms with van der Waals surface area (Å²) in [5.41, 5.74) is 1.50. The molecule has 4 aromatic rings. The maximum absolute atomic E-state index is 12.6. The number of anilines is 1. The van der Waals surface area contributed by atoms with Crippen molar-refractivity contribution in [2.75, 3.05) is 11.8 Å². The minimum absolute atomic E-state index is 0.149. The van der Waals surface area contributed by atoms with Crippen LogP contribution in [-0.4, -0.2) is 35.9 Å². The van der Waals surface area contributed by atoms with Crippen LogP contribution in [0.1, 0.15) is 10.5 Å². The van der Waals surface area contributed by atoms with E-state index in [1.54, 1.807) is 54.1 Å². The highest BCUT2D eigenvalue weighted by molar-refractivity contribution is 7.92. The molecule has 10 heteroatoms. The van der Waals surface area contributed by atoms with Gasteiger partial charge in [-0.1, -0.05) is 18.2 Å². The van der Waals surface area contributed by atoms with Crippen LogP contribution in [0.5, 0.6) is 11.5 Å². The highest BCUT2D eigenvalue weighted by atomic mass is 32.2. The van der Waals surface area contributed by atoms with Crippen LogP contribution < -0.4 is 14.8 Å². The Morgan fingerprint density at radius 2 is 1.77 bits per heavy atom. The van der Waals surface area contributed by atoms with Gasteiger partial charge in [-0.25, -0.2) is 18.1 Å². The van der Waals surface area contributed by atoms with Crippen molar-refractivity contribution in [2.45, 2.75) is 4.90 Å². The molecule has 0 saturated heterocycles. The fraction of sp³-hybridized carbons (Fsp3) is 0.0952. The molecule has 0 fully saturated rings. The second-order valence-electron chi connectivity index (χ2n) is 6.62. The number of nitrogens with one attached hydrogen (secondary N) is 2. The molecule has 0 atom stereocenters. The monoisotopic (exact) mass is 437 g/mol. The van der Waals surface area contributed by atoms with Crippen molar-refractivity contribution in [3.05, 3.63) is 72.6 Å². The van der Waals surface area contributed by atoms with Crippen LogP contribution in [0, 0.1) is 0 Å². The summed E-state index contributed by atoms with van der Waals surface area (Å²) >= 11 is 0. The molecular weight excluding hydrogens is 418 g/mol. The van der Waals surface area contributed by atoms with Crippen molar-refractivity contribution in [1.29, 1.82) is 0 Å². The predicted octanol–water partition coefficient (Wildman–Crippen LogP) is 2.92. The van der Waals surface area contributed by atoms with Crippen LogP contribution in [0.3, 0.4) is 0 Å². The summed E-state index contributed by atoms with van der Waals surface area (Å²) in [5.74, 6) is 0.786. The van der Waals surface area contributed by atoms with Gasteiger partial charge in [0.15, 0.2) is 0 Å². The summed E-state index contributed by atoms with van der Waals surface area (Å²) in [5, 5.41) is 2.51. The number of benzene rings is 2. The number of rotatable bonds is 6. The molecule has 0 saturated carbocycles. The van der Waals surface area contributed by atoms with Crippen molar-refractivity contribution >= 4 is 32.9 Å². The molecule has 1 amide bonds. The number of aryl methyl sites for hydroxylation is 1. The molecule has 0 aliphatic carbocycles. The zero-order valence-corrected chi connectivity index (χ0v) is 17.6. The molecule has 0 unspecified atom stereocenters. The number of ether oxygens (including phenoxy) is 1. The van der Waals surface area contributed by atoms with Crippen LogP contribution >= 0.6 is 0 Å². The van der Waals surface area contributed by atoms with Crippen molar-refractivity contribution in [1.82, 2.24) is 19.9 Å². The third-order valence-corrected chi connectivity index (χ3v) is 5.90. The standard InChI is InChI=1S/C21H19N5O4S/c1-22-20(27)18-13-15(10-11-23-18)30-14-8-9-19-17(12-14)24-21(26(19)2)25-31(28,29)16-6-4-3-5-7-16/h3-13H,1-2H3,(H,22,27)(H,24,25). The Morgan fingerprint density at radius 1 is 1.03 bits per heavy atom. The zero-order chi connectivity index (χ0) is 22.0. The summed E-state index contributed by atoms with van der Waals surface area (Å²) < 4.78 is 35.2. The first-order valence-electron chi connectivity index (χ1n) is 9.28. The summed E-state index contributed by atoms with van der Waals surface area (Å²) in [7, 11) is -0.524. The Hall–Kier alpha value is -3.92. The average molecular weight is 437 g/mol. The molecule has 2 heterocycles. The smallest absolute Gasteiger partial charge is 0.269 e. The molecule has 0 spiro atoms. The Kier molecular flexibility index (Phi) is 5.30. The van der Waals surface area contributed by atoms with Gasteiger partial charge in [-0.15, -0.1) is 0 Å². The van der Waals surface area contributed by atoms with E-state index in [4.69, 9.17) is 4.74 Å². The van der Waals surface area contributed by atoms with E-state index >= 15 is 0 Å². The Labute approximate surface area is 178 Å². The SMILES string of the molecule is CNC(=O)c1cc(Oc2ccc3c(c2)nc(NS(=O)(=O)c2ccccc2)n3C)ccn1. The van der Waals surface area contributed by atoms with E-state index in [0.29, 0.717) is 17.0 Å². The van der Waals surface area contributed by atoms with Crippen molar-refractivity contribution in [2.24, 2.45) is 7.05 Å². The number of aromatic nitrogens is 3. The van der Waals surface area contributed by atoms with Gasteiger partial charge < -0.3 is 14.6 Å². The molecule has 2 N–H and O–H groups in total. The van der Waals surface area contributed by atoms with Gasteiger partial charge in [-0.2, -0.15) is 0 Å². The summed E-state index contributed by atoms with van der Waals surface area (Å²) in [6.07, 6.45) is 1.48. The van der Waals surface area contributed by atoms with Crippen LogP contribution in [0.15, 0.2) is 71.8 Å².